The second kappa shape index (κ2) is 8.42. The van der Waals surface area contributed by atoms with E-state index in [2.05, 4.69) is 61.6 Å². The molecule has 0 aliphatic rings. The lowest BCUT2D eigenvalue weighted by Gasteiger charge is -2.21. The van der Waals surface area contributed by atoms with Gasteiger partial charge in [-0.05, 0) is 29.3 Å². The summed E-state index contributed by atoms with van der Waals surface area (Å²) in [6.07, 6.45) is 0.860. The lowest BCUT2D eigenvalue weighted by Crippen LogP contribution is -2.24. The van der Waals surface area contributed by atoms with Gasteiger partial charge in [-0.3, -0.25) is 0 Å². The van der Waals surface area contributed by atoms with Gasteiger partial charge in [0, 0.05) is 23.7 Å². The van der Waals surface area contributed by atoms with Crippen LogP contribution in [0.15, 0.2) is 42.5 Å². The van der Waals surface area contributed by atoms with Crippen LogP contribution in [0.4, 0.5) is 0 Å². The number of thioether (sulfide) groups is 1. The maximum atomic E-state index is 9.03. The van der Waals surface area contributed by atoms with Crippen molar-refractivity contribution in [3.8, 4) is 0 Å². The summed E-state index contributed by atoms with van der Waals surface area (Å²) >= 11 is 1.93. The van der Waals surface area contributed by atoms with Crippen LogP contribution in [0.25, 0.3) is 10.8 Å². The Morgan fingerprint density at radius 2 is 1.90 bits per heavy atom. The van der Waals surface area contributed by atoms with Gasteiger partial charge in [-0.2, -0.15) is 11.8 Å². The first-order valence-electron chi connectivity index (χ1n) is 7.69. The van der Waals surface area contributed by atoms with Gasteiger partial charge in [0.1, 0.15) is 0 Å². The van der Waals surface area contributed by atoms with Gasteiger partial charge < -0.3 is 10.4 Å². The topological polar surface area (TPSA) is 32.3 Å². The molecule has 2 atom stereocenters. The Labute approximate surface area is 131 Å². The van der Waals surface area contributed by atoms with Crippen LogP contribution in [0, 0.1) is 0 Å². The van der Waals surface area contributed by atoms with Crippen LogP contribution < -0.4 is 5.32 Å². The molecule has 0 bridgehead atoms. The summed E-state index contributed by atoms with van der Waals surface area (Å²) in [6, 6.07) is 15.5. The van der Waals surface area contributed by atoms with Crippen LogP contribution in [0.1, 0.15) is 31.9 Å². The van der Waals surface area contributed by atoms with Crippen LogP contribution in [-0.4, -0.2) is 29.3 Å². The molecule has 2 N–H and O–H groups in total. The Morgan fingerprint density at radius 3 is 2.67 bits per heavy atom. The summed E-state index contributed by atoms with van der Waals surface area (Å²) in [5.74, 6) is 1.03. The zero-order valence-corrected chi connectivity index (χ0v) is 13.7. The molecule has 0 amide bonds. The first-order chi connectivity index (χ1) is 10.3. The van der Waals surface area contributed by atoms with Crippen molar-refractivity contribution in [3.63, 3.8) is 0 Å². The van der Waals surface area contributed by atoms with Gasteiger partial charge in [0.2, 0.25) is 0 Å². The number of nitrogens with one attached hydrogen (secondary N) is 1. The summed E-state index contributed by atoms with van der Waals surface area (Å²) in [6.45, 7) is 5.57. The molecule has 0 aromatic heterocycles. The van der Waals surface area contributed by atoms with E-state index in [0.29, 0.717) is 11.3 Å². The van der Waals surface area contributed by atoms with E-state index in [1.807, 2.05) is 11.8 Å². The second-order valence-electron chi connectivity index (χ2n) is 5.33. The van der Waals surface area contributed by atoms with Crippen molar-refractivity contribution in [1.29, 1.82) is 0 Å². The quantitative estimate of drug-likeness (QED) is 0.773. The van der Waals surface area contributed by atoms with Crippen LogP contribution in [-0.2, 0) is 0 Å². The van der Waals surface area contributed by atoms with Crippen LogP contribution in [0.5, 0.6) is 0 Å². The predicted molar refractivity (Wildman–Crippen MR) is 94.0 cm³/mol. The number of benzene rings is 2. The Hall–Kier alpha value is -1.03. The van der Waals surface area contributed by atoms with E-state index in [4.69, 9.17) is 5.11 Å². The van der Waals surface area contributed by atoms with Crippen LogP contribution >= 0.6 is 11.8 Å². The average molecular weight is 303 g/mol. The van der Waals surface area contributed by atoms with Gasteiger partial charge in [-0.1, -0.05) is 56.3 Å². The van der Waals surface area contributed by atoms with Crippen LogP contribution in [0.3, 0.4) is 0 Å². The van der Waals surface area contributed by atoms with Gasteiger partial charge in [-0.15, -0.1) is 0 Å². The molecule has 0 aliphatic heterocycles. The van der Waals surface area contributed by atoms with Crippen molar-refractivity contribution in [2.75, 3.05) is 18.9 Å². The number of hydrogen-bond acceptors (Lipinski definition) is 3. The molecule has 114 valence electrons. The lowest BCUT2D eigenvalue weighted by atomic mass is 9.99. The highest BCUT2D eigenvalue weighted by molar-refractivity contribution is 7.99. The SMILES string of the molecule is CCNC(CSC(C)CCO)c1cccc2ccccc12. The largest absolute Gasteiger partial charge is 0.396 e. The summed E-state index contributed by atoms with van der Waals surface area (Å²) in [5, 5.41) is 15.8. The van der Waals surface area contributed by atoms with Crippen molar-refractivity contribution < 1.29 is 5.11 Å². The number of aliphatic hydroxyl groups excluding tert-OH is 1. The molecule has 2 unspecified atom stereocenters. The number of rotatable bonds is 8. The fourth-order valence-electron chi connectivity index (χ4n) is 2.59. The third-order valence-electron chi connectivity index (χ3n) is 3.73. The number of fused-ring (bicyclic) bond motifs is 1. The molecular formula is C18H25NOS. The minimum atomic E-state index is 0.272. The molecule has 2 aromatic carbocycles. The molecule has 0 aliphatic carbocycles. The van der Waals surface area contributed by atoms with Crippen molar-refractivity contribution in [2.24, 2.45) is 0 Å². The van der Waals surface area contributed by atoms with E-state index in [-0.39, 0.29) is 6.61 Å². The van der Waals surface area contributed by atoms with Crippen LogP contribution in [0.2, 0.25) is 0 Å². The predicted octanol–water partition coefficient (Wildman–Crippen LogP) is 3.99. The molecular weight excluding hydrogens is 278 g/mol. The van der Waals surface area contributed by atoms with Gasteiger partial charge in [0.05, 0.1) is 0 Å². The van der Waals surface area contributed by atoms with Gasteiger partial charge in [-0.25, -0.2) is 0 Å². The Morgan fingerprint density at radius 1 is 1.14 bits per heavy atom. The highest BCUT2D eigenvalue weighted by Gasteiger charge is 2.14. The normalized spacial score (nSPS) is 14.2. The van der Waals surface area contributed by atoms with Crippen molar-refractivity contribution in [1.82, 2.24) is 5.32 Å². The van der Waals surface area contributed by atoms with E-state index >= 15 is 0 Å². The number of aliphatic hydroxyl groups is 1. The molecule has 0 saturated carbocycles. The maximum absolute atomic E-state index is 9.03. The molecule has 0 heterocycles. The van der Waals surface area contributed by atoms with E-state index < -0.39 is 0 Å². The first kappa shape index (κ1) is 16.3. The summed E-state index contributed by atoms with van der Waals surface area (Å²) in [4.78, 5) is 0. The summed E-state index contributed by atoms with van der Waals surface area (Å²) < 4.78 is 0. The minimum absolute atomic E-state index is 0.272. The highest BCUT2D eigenvalue weighted by Crippen LogP contribution is 2.28. The summed E-state index contributed by atoms with van der Waals surface area (Å²) in [7, 11) is 0. The fourth-order valence-corrected chi connectivity index (χ4v) is 3.68. The molecule has 0 fully saturated rings. The molecule has 2 nitrogen and oxygen atoms in total. The van der Waals surface area contributed by atoms with Gasteiger partial charge in [0.15, 0.2) is 0 Å². The van der Waals surface area contributed by atoms with E-state index in [1.165, 1.54) is 16.3 Å². The third kappa shape index (κ3) is 4.47. The smallest absolute Gasteiger partial charge is 0.0441 e. The third-order valence-corrected chi connectivity index (χ3v) is 5.06. The lowest BCUT2D eigenvalue weighted by molar-refractivity contribution is 0.289. The molecule has 21 heavy (non-hydrogen) atoms. The fraction of sp³-hybridized carbons (Fsp3) is 0.444. The zero-order chi connectivity index (χ0) is 15.1. The maximum Gasteiger partial charge on any atom is 0.0441 e. The monoisotopic (exact) mass is 303 g/mol. The first-order valence-corrected chi connectivity index (χ1v) is 8.74. The summed E-state index contributed by atoms with van der Waals surface area (Å²) in [5.41, 5.74) is 1.37. The highest BCUT2D eigenvalue weighted by atomic mass is 32.2. The van der Waals surface area contributed by atoms with Crippen molar-refractivity contribution >= 4 is 22.5 Å². The number of hydrogen-bond donors (Lipinski definition) is 2. The van der Waals surface area contributed by atoms with Crippen molar-refractivity contribution in [3.05, 3.63) is 48.0 Å². The van der Waals surface area contributed by atoms with E-state index in [1.54, 1.807) is 0 Å². The second-order valence-corrected chi connectivity index (χ2v) is 6.81. The molecule has 2 aromatic rings. The standard InChI is InChI=1S/C18H25NOS/c1-3-19-18(13-21-14(2)11-12-20)17-10-6-8-15-7-4-5-9-16(15)17/h4-10,14,18-20H,3,11-13H2,1-2H3. The zero-order valence-electron chi connectivity index (χ0n) is 12.9. The molecule has 2 rings (SSSR count). The van der Waals surface area contributed by atoms with Crippen molar-refractivity contribution in [2.45, 2.75) is 31.6 Å². The average Bonchev–Trinajstić information content (AvgIpc) is 2.51. The van der Waals surface area contributed by atoms with Gasteiger partial charge >= 0.3 is 0 Å². The Bertz CT molecular complexity index is 552. The Balaban J connectivity index is 2.19. The molecule has 0 spiro atoms. The Kier molecular flexibility index (Phi) is 6.55. The molecule has 3 heteroatoms. The molecule has 0 saturated heterocycles. The van der Waals surface area contributed by atoms with E-state index in [9.17, 15) is 0 Å². The van der Waals surface area contributed by atoms with Gasteiger partial charge in [0.25, 0.3) is 0 Å². The minimum Gasteiger partial charge on any atom is -0.396 e. The van der Waals surface area contributed by atoms with E-state index in [0.717, 1.165) is 18.7 Å². The molecule has 0 radical (unpaired) electrons.